The highest BCUT2D eigenvalue weighted by atomic mass is 79.9. The highest BCUT2D eigenvalue weighted by molar-refractivity contribution is 9.10. The number of nitrogens with zero attached hydrogens (tertiary/aromatic N) is 3. The molecule has 0 saturated heterocycles. The van der Waals surface area contributed by atoms with Gasteiger partial charge in [0, 0.05) is 5.69 Å². The predicted molar refractivity (Wildman–Crippen MR) is 84.5 cm³/mol. The first kappa shape index (κ1) is 17.5. The number of H-pyrrole nitrogens is 1. The summed E-state index contributed by atoms with van der Waals surface area (Å²) in [5.74, 6) is -0.279. The van der Waals surface area contributed by atoms with Crippen molar-refractivity contribution in [3.63, 3.8) is 0 Å². The van der Waals surface area contributed by atoms with E-state index in [4.69, 9.17) is 9.15 Å². The Bertz CT molecular complexity index is 828. The minimum absolute atomic E-state index is 0.0338. The van der Waals surface area contributed by atoms with Crippen LogP contribution in [-0.4, -0.2) is 38.1 Å². The molecule has 2 heterocycles. The summed E-state index contributed by atoms with van der Waals surface area (Å²) in [6.07, 6.45) is 0. The summed E-state index contributed by atoms with van der Waals surface area (Å²) in [7, 11) is 0. The highest BCUT2D eigenvalue weighted by Crippen LogP contribution is 2.16. The zero-order valence-corrected chi connectivity index (χ0v) is 14.7. The van der Waals surface area contributed by atoms with Crippen molar-refractivity contribution in [2.75, 3.05) is 12.4 Å². The smallest absolute Gasteiger partial charge is 0.329 e. The molecule has 0 aromatic carbocycles. The molecule has 124 valence electrons. The Hall–Kier alpha value is -1.88. The van der Waals surface area contributed by atoms with E-state index in [2.05, 4.69) is 31.1 Å². The van der Waals surface area contributed by atoms with Gasteiger partial charge >= 0.3 is 11.7 Å². The molecule has 1 N–H and O–H groups in total. The third-order valence-electron chi connectivity index (χ3n) is 2.66. The van der Waals surface area contributed by atoms with Crippen LogP contribution in [0.25, 0.3) is 0 Å². The Balaban J connectivity index is 2.11. The third-order valence-corrected chi connectivity index (χ3v) is 4.39. The molecule has 0 aliphatic carbocycles. The van der Waals surface area contributed by atoms with E-state index in [9.17, 15) is 14.4 Å². The summed E-state index contributed by atoms with van der Waals surface area (Å²) < 4.78 is 11.3. The number of hydrogen-bond donors (Lipinski definition) is 1. The zero-order chi connectivity index (χ0) is 17.0. The lowest BCUT2D eigenvalue weighted by atomic mass is 10.4. The number of aromatic amines is 1. The Morgan fingerprint density at radius 2 is 2.17 bits per heavy atom. The van der Waals surface area contributed by atoms with E-state index < -0.39 is 17.2 Å². The van der Waals surface area contributed by atoms with Gasteiger partial charge in [0.05, 0.1) is 6.61 Å². The monoisotopic (exact) mass is 404 g/mol. The second kappa shape index (κ2) is 7.59. The summed E-state index contributed by atoms with van der Waals surface area (Å²) in [4.78, 5) is 37.7. The number of hydrogen-bond acceptors (Lipinski definition) is 8. The molecule has 0 radical (unpaired) electrons. The van der Waals surface area contributed by atoms with Crippen LogP contribution in [0.3, 0.4) is 0 Å². The van der Waals surface area contributed by atoms with Crippen LogP contribution < -0.4 is 11.2 Å². The molecule has 0 amide bonds. The molecule has 0 saturated carbocycles. The van der Waals surface area contributed by atoms with Crippen LogP contribution in [0, 0.1) is 6.92 Å². The van der Waals surface area contributed by atoms with Gasteiger partial charge in [-0.1, -0.05) is 11.8 Å². The molecule has 2 aromatic heterocycles. The van der Waals surface area contributed by atoms with E-state index in [0.717, 1.165) is 16.3 Å². The first-order valence-corrected chi connectivity index (χ1v) is 8.30. The number of rotatable bonds is 6. The molecule has 0 fully saturated rings. The molecule has 0 bridgehead atoms. The van der Waals surface area contributed by atoms with Gasteiger partial charge in [0.1, 0.15) is 16.8 Å². The van der Waals surface area contributed by atoms with Crippen molar-refractivity contribution in [3.8, 4) is 0 Å². The van der Waals surface area contributed by atoms with Crippen molar-refractivity contribution in [2.24, 2.45) is 0 Å². The van der Waals surface area contributed by atoms with Crippen LogP contribution in [0.4, 0.5) is 0 Å². The fourth-order valence-corrected chi connectivity index (χ4v) is 2.51. The van der Waals surface area contributed by atoms with Gasteiger partial charge in [-0.15, -0.1) is 10.2 Å². The minimum Gasteiger partial charge on any atom is -0.465 e. The van der Waals surface area contributed by atoms with Crippen molar-refractivity contribution in [1.29, 1.82) is 0 Å². The molecule has 9 nitrogen and oxygen atoms in total. The molecule has 23 heavy (non-hydrogen) atoms. The lowest BCUT2D eigenvalue weighted by Gasteiger charge is -2.03. The summed E-state index contributed by atoms with van der Waals surface area (Å²) >= 11 is 4.13. The molecule has 11 heteroatoms. The molecule has 0 aliphatic heterocycles. The quantitative estimate of drug-likeness (QED) is 0.551. The van der Waals surface area contributed by atoms with E-state index in [1.807, 2.05) is 0 Å². The van der Waals surface area contributed by atoms with Crippen molar-refractivity contribution in [2.45, 2.75) is 25.6 Å². The van der Waals surface area contributed by atoms with Gasteiger partial charge in [-0.25, -0.2) is 9.36 Å². The Labute approximate surface area is 142 Å². The SMILES string of the molecule is CCOC(=O)CSc1nnc(Cn2c(=O)[nH]c(C)c(Br)c2=O)o1. The van der Waals surface area contributed by atoms with Gasteiger partial charge in [0.2, 0.25) is 5.89 Å². The third kappa shape index (κ3) is 4.32. The lowest BCUT2D eigenvalue weighted by molar-refractivity contribution is -0.139. The van der Waals surface area contributed by atoms with Crippen LogP contribution in [0.1, 0.15) is 18.5 Å². The van der Waals surface area contributed by atoms with E-state index in [-0.39, 0.29) is 27.9 Å². The molecule has 0 atom stereocenters. The number of esters is 1. The van der Waals surface area contributed by atoms with Gasteiger partial charge in [-0.3, -0.25) is 9.59 Å². The highest BCUT2D eigenvalue weighted by Gasteiger charge is 2.14. The molecule has 0 aliphatic rings. The number of nitrogens with one attached hydrogen (secondary N) is 1. The largest absolute Gasteiger partial charge is 0.465 e. The molecule has 2 rings (SSSR count). The molecular weight excluding hydrogens is 392 g/mol. The zero-order valence-electron chi connectivity index (χ0n) is 12.3. The number of halogens is 1. The van der Waals surface area contributed by atoms with Gasteiger partial charge < -0.3 is 14.1 Å². The van der Waals surface area contributed by atoms with E-state index in [1.165, 1.54) is 0 Å². The minimum atomic E-state index is -0.574. The van der Waals surface area contributed by atoms with Crippen molar-refractivity contribution < 1.29 is 13.9 Å². The average Bonchev–Trinajstić information content (AvgIpc) is 2.95. The van der Waals surface area contributed by atoms with Gasteiger partial charge in [0.15, 0.2) is 0 Å². The van der Waals surface area contributed by atoms with Crippen molar-refractivity contribution in [3.05, 3.63) is 36.9 Å². The van der Waals surface area contributed by atoms with E-state index in [0.29, 0.717) is 12.3 Å². The first-order chi connectivity index (χ1) is 10.9. The van der Waals surface area contributed by atoms with Crippen molar-refractivity contribution in [1.82, 2.24) is 19.7 Å². The molecule has 2 aromatic rings. The van der Waals surface area contributed by atoms with Crippen LogP contribution >= 0.6 is 27.7 Å². The van der Waals surface area contributed by atoms with Crippen LogP contribution in [0.15, 0.2) is 23.7 Å². The Morgan fingerprint density at radius 3 is 2.87 bits per heavy atom. The van der Waals surface area contributed by atoms with E-state index in [1.54, 1.807) is 13.8 Å². The Kier molecular flexibility index (Phi) is 5.77. The number of thioether (sulfide) groups is 1. The van der Waals surface area contributed by atoms with Gasteiger partial charge in [-0.05, 0) is 29.8 Å². The first-order valence-electron chi connectivity index (χ1n) is 6.52. The molecular formula is C12H13BrN4O5S. The number of aromatic nitrogens is 4. The standard InChI is InChI=1S/C12H13BrN4O5S/c1-3-21-8(18)5-23-12-16-15-7(22-12)4-17-10(19)9(13)6(2)14-11(17)20/h3-5H2,1-2H3,(H,14,20). The van der Waals surface area contributed by atoms with Gasteiger partial charge in [-0.2, -0.15) is 0 Å². The second-order valence-electron chi connectivity index (χ2n) is 4.32. The second-order valence-corrected chi connectivity index (χ2v) is 6.04. The van der Waals surface area contributed by atoms with Crippen LogP contribution in [0.5, 0.6) is 0 Å². The fourth-order valence-electron chi connectivity index (χ4n) is 1.62. The Morgan fingerprint density at radius 1 is 1.43 bits per heavy atom. The van der Waals surface area contributed by atoms with Crippen LogP contribution in [0.2, 0.25) is 0 Å². The maximum absolute atomic E-state index is 12.0. The normalized spacial score (nSPS) is 10.7. The van der Waals surface area contributed by atoms with Crippen LogP contribution in [-0.2, 0) is 16.1 Å². The summed E-state index contributed by atoms with van der Waals surface area (Å²) in [6, 6.07) is 0. The number of ether oxygens (including phenoxy) is 1. The van der Waals surface area contributed by atoms with E-state index >= 15 is 0 Å². The summed E-state index contributed by atoms with van der Waals surface area (Å²) in [6.45, 7) is 3.44. The molecule has 0 unspecified atom stereocenters. The number of carbonyl (C=O) groups excluding carboxylic acids is 1. The lowest BCUT2D eigenvalue weighted by Crippen LogP contribution is -2.36. The average molecular weight is 405 g/mol. The maximum Gasteiger partial charge on any atom is 0.329 e. The number of carbonyl (C=O) groups is 1. The van der Waals surface area contributed by atoms with Crippen molar-refractivity contribution >= 4 is 33.7 Å². The summed E-state index contributed by atoms with van der Waals surface area (Å²) in [5, 5.41) is 7.65. The fraction of sp³-hybridized carbons (Fsp3) is 0.417. The van der Waals surface area contributed by atoms with Gasteiger partial charge in [0.25, 0.3) is 10.8 Å². The number of aryl methyl sites for hydroxylation is 1. The predicted octanol–water partition coefficient (Wildman–Crippen LogP) is 0.694. The maximum atomic E-state index is 12.0. The topological polar surface area (TPSA) is 120 Å². The summed E-state index contributed by atoms with van der Waals surface area (Å²) in [5.41, 5.74) is -0.632. The molecule has 0 spiro atoms.